The van der Waals surface area contributed by atoms with E-state index in [1.807, 2.05) is 0 Å². The summed E-state index contributed by atoms with van der Waals surface area (Å²) in [5.41, 5.74) is 0. The fourth-order valence-electron chi connectivity index (χ4n) is 2.67. The summed E-state index contributed by atoms with van der Waals surface area (Å²) in [4.78, 5) is 42.7. The van der Waals surface area contributed by atoms with E-state index in [2.05, 4.69) is 9.47 Å². The number of hydrogen-bond donors (Lipinski definition) is 8. The number of rotatable bonds is 14. The van der Waals surface area contributed by atoms with Crippen LogP contribution < -0.4 is 0 Å². The van der Waals surface area contributed by atoms with E-state index in [0.29, 0.717) is 0 Å². The first kappa shape index (κ1) is 48.9. The molecule has 8 atom stereocenters. The van der Waals surface area contributed by atoms with E-state index in [1.165, 1.54) is 13.8 Å². The first-order chi connectivity index (χ1) is 19.9. The molecule has 264 valence electrons. The van der Waals surface area contributed by atoms with Crippen LogP contribution in [-0.2, 0) is 28.7 Å². The molecule has 0 aliphatic heterocycles. The average molecular weight is 645 g/mol. The van der Waals surface area contributed by atoms with Gasteiger partial charge in [-0.1, -0.05) is 55.4 Å². The second kappa shape index (κ2) is 26.2. The fraction of sp³-hybridized carbons (Fsp3) is 0.867. The van der Waals surface area contributed by atoms with Crippen molar-refractivity contribution in [3.05, 3.63) is 0 Å². The minimum atomic E-state index is -1.43. The van der Waals surface area contributed by atoms with Crippen LogP contribution in [0.15, 0.2) is 0 Å². The van der Waals surface area contributed by atoms with Crippen molar-refractivity contribution < 1.29 is 69.5 Å². The third-order valence-electron chi connectivity index (χ3n) is 5.92. The molecule has 0 radical (unpaired) electrons. The third-order valence-corrected chi connectivity index (χ3v) is 5.92. The Hall–Kier alpha value is -2.04. The van der Waals surface area contributed by atoms with Crippen molar-refractivity contribution >= 4 is 23.5 Å². The lowest BCUT2D eigenvalue weighted by Gasteiger charge is -2.18. The lowest BCUT2D eigenvalue weighted by Crippen LogP contribution is -2.38. The van der Waals surface area contributed by atoms with E-state index in [-0.39, 0.29) is 48.5 Å². The molecule has 0 rings (SSSR count). The monoisotopic (exact) mass is 644 g/mol. The molecule has 14 heteroatoms. The summed E-state index contributed by atoms with van der Waals surface area (Å²) in [5, 5.41) is 72.9. The van der Waals surface area contributed by atoms with E-state index in [4.69, 9.17) is 30.6 Å². The van der Waals surface area contributed by atoms with Crippen LogP contribution in [0.1, 0.15) is 83.1 Å². The van der Waals surface area contributed by atoms with Gasteiger partial charge in [-0.05, 0) is 51.4 Å². The van der Waals surface area contributed by atoms with Crippen molar-refractivity contribution in [1.29, 1.82) is 0 Å². The van der Waals surface area contributed by atoms with Gasteiger partial charge in [0.15, 0.2) is 23.8 Å². The molecule has 0 aromatic heterocycles. The standard InChI is InChI=1S/2C8H16O4.2C7H14O3/c2*1-4-12-8(11)7(10)6(9)5(2)3;2*1-4(2)6(9)7(10)5(3)8/h2*5-7,9-10H,4H2,1-3H3;2*4,6-7,9-10H,1-3H3/t2*6-,7-;2*6-,7+/m1010/s1. The lowest BCUT2D eigenvalue weighted by molar-refractivity contribution is -0.161. The van der Waals surface area contributed by atoms with Gasteiger partial charge in [0.2, 0.25) is 0 Å². The predicted molar refractivity (Wildman–Crippen MR) is 162 cm³/mol. The SMILES string of the molecule is CC(=O)[C@@H](O)[C@@H](O)C(C)C.CC(=O)[C@H](O)[C@H](O)C(C)C.CCOC(=O)[C@@H](O)[C@@H](O)C(C)C.CCOC(=O)[C@H](O)[C@H](O)C(C)C. The molecular formula is C30H60O14. The summed E-state index contributed by atoms with van der Waals surface area (Å²) in [6.45, 7) is 20.1. The summed E-state index contributed by atoms with van der Waals surface area (Å²) in [7, 11) is 0. The first-order valence-corrected chi connectivity index (χ1v) is 14.7. The molecule has 0 saturated heterocycles. The highest BCUT2D eigenvalue weighted by Crippen LogP contribution is 2.09. The minimum absolute atomic E-state index is 0.0844. The molecule has 0 aromatic rings. The molecule has 0 amide bonds. The van der Waals surface area contributed by atoms with Crippen molar-refractivity contribution in [3.8, 4) is 0 Å². The molecule has 0 heterocycles. The van der Waals surface area contributed by atoms with Crippen LogP contribution in [0.5, 0.6) is 0 Å². The maximum Gasteiger partial charge on any atom is 0.337 e. The number of carbonyl (C=O) groups excluding carboxylic acids is 4. The van der Waals surface area contributed by atoms with E-state index in [9.17, 15) is 29.4 Å². The number of ketones is 2. The van der Waals surface area contributed by atoms with Crippen molar-refractivity contribution in [3.63, 3.8) is 0 Å². The van der Waals surface area contributed by atoms with Crippen LogP contribution >= 0.6 is 0 Å². The van der Waals surface area contributed by atoms with E-state index < -0.39 is 60.8 Å². The number of Topliss-reactive ketones (excluding diaryl/α,β-unsaturated/α-hetero) is 2. The molecule has 8 N–H and O–H groups in total. The summed E-state index contributed by atoms with van der Waals surface area (Å²) in [6.07, 6.45) is -9.27. The van der Waals surface area contributed by atoms with Crippen LogP contribution in [0, 0.1) is 23.7 Å². The zero-order valence-electron chi connectivity index (χ0n) is 28.4. The maximum absolute atomic E-state index is 10.9. The van der Waals surface area contributed by atoms with Crippen LogP contribution in [0.3, 0.4) is 0 Å². The normalized spacial score (nSPS) is 16.4. The Balaban J connectivity index is -0.000000243. The molecular weight excluding hydrogens is 584 g/mol. The van der Waals surface area contributed by atoms with Gasteiger partial charge in [0.25, 0.3) is 0 Å². The summed E-state index contributed by atoms with van der Waals surface area (Å²) in [6, 6.07) is 0. The highest BCUT2D eigenvalue weighted by atomic mass is 16.6. The molecule has 14 nitrogen and oxygen atoms in total. The van der Waals surface area contributed by atoms with Crippen LogP contribution in [0.4, 0.5) is 0 Å². The number of aliphatic hydroxyl groups is 8. The Morgan fingerprint density at radius 3 is 0.727 bits per heavy atom. The van der Waals surface area contributed by atoms with E-state index in [1.54, 1.807) is 69.2 Å². The van der Waals surface area contributed by atoms with Gasteiger partial charge in [-0.25, -0.2) is 9.59 Å². The number of hydrogen-bond acceptors (Lipinski definition) is 14. The Kier molecular flexibility index (Phi) is 29.1. The van der Waals surface area contributed by atoms with Crippen molar-refractivity contribution in [2.24, 2.45) is 23.7 Å². The number of ether oxygens (including phenoxy) is 2. The molecule has 0 spiro atoms. The van der Waals surface area contributed by atoms with Gasteiger partial charge in [-0.3, -0.25) is 9.59 Å². The Bertz CT molecular complexity index is 720. The van der Waals surface area contributed by atoms with Gasteiger partial charge in [-0.15, -0.1) is 0 Å². The highest BCUT2D eigenvalue weighted by molar-refractivity contribution is 5.81. The lowest BCUT2D eigenvalue weighted by atomic mass is 10.00. The second-order valence-electron chi connectivity index (χ2n) is 11.4. The van der Waals surface area contributed by atoms with Crippen molar-refractivity contribution in [2.45, 2.75) is 132 Å². The molecule has 44 heavy (non-hydrogen) atoms. The van der Waals surface area contributed by atoms with Gasteiger partial charge in [0.05, 0.1) is 37.6 Å². The third kappa shape index (κ3) is 22.5. The topological polar surface area (TPSA) is 249 Å². The van der Waals surface area contributed by atoms with Crippen LogP contribution in [0.2, 0.25) is 0 Å². The van der Waals surface area contributed by atoms with Crippen LogP contribution in [0.25, 0.3) is 0 Å². The molecule has 0 aliphatic rings. The van der Waals surface area contributed by atoms with E-state index >= 15 is 0 Å². The van der Waals surface area contributed by atoms with Crippen LogP contribution in [-0.4, -0.2) is 126 Å². The molecule has 0 aliphatic carbocycles. The molecule has 0 fully saturated rings. The molecule has 0 unspecified atom stereocenters. The zero-order valence-corrected chi connectivity index (χ0v) is 28.4. The average Bonchev–Trinajstić information content (AvgIpc) is 2.94. The number of esters is 2. The molecule has 0 aromatic carbocycles. The largest absolute Gasteiger partial charge is 0.464 e. The first-order valence-electron chi connectivity index (χ1n) is 14.7. The van der Waals surface area contributed by atoms with E-state index in [0.717, 1.165) is 0 Å². The van der Waals surface area contributed by atoms with Gasteiger partial charge >= 0.3 is 11.9 Å². The number of carbonyl (C=O) groups is 4. The van der Waals surface area contributed by atoms with Crippen molar-refractivity contribution in [1.82, 2.24) is 0 Å². The summed E-state index contributed by atoms with van der Waals surface area (Å²) < 4.78 is 9.05. The van der Waals surface area contributed by atoms with Gasteiger partial charge in [-0.2, -0.15) is 0 Å². The van der Waals surface area contributed by atoms with Gasteiger partial charge in [0.1, 0.15) is 12.2 Å². The Morgan fingerprint density at radius 2 is 0.614 bits per heavy atom. The predicted octanol–water partition coefficient (Wildman–Crippen LogP) is -0.239. The minimum Gasteiger partial charge on any atom is -0.464 e. The van der Waals surface area contributed by atoms with Gasteiger partial charge < -0.3 is 50.3 Å². The van der Waals surface area contributed by atoms with Crippen molar-refractivity contribution in [2.75, 3.05) is 13.2 Å². The second-order valence-corrected chi connectivity index (χ2v) is 11.4. The fourth-order valence-corrected chi connectivity index (χ4v) is 2.67. The smallest absolute Gasteiger partial charge is 0.337 e. The highest BCUT2D eigenvalue weighted by Gasteiger charge is 2.28. The zero-order chi connectivity index (χ0) is 36.1. The molecule has 0 saturated carbocycles. The quantitative estimate of drug-likeness (QED) is 0.114. The Morgan fingerprint density at radius 1 is 0.432 bits per heavy atom. The maximum atomic E-state index is 10.9. The van der Waals surface area contributed by atoms with Gasteiger partial charge in [0, 0.05) is 0 Å². The number of aliphatic hydroxyl groups excluding tert-OH is 8. The summed E-state index contributed by atoms with van der Waals surface area (Å²) >= 11 is 0. The Labute approximate surface area is 262 Å². The molecule has 0 bridgehead atoms. The summed E-state index contributed by atoms with van der Waals surface area (Å²) in [5.74, 6) is -2.80.